The van der Waals surface area contributed by atoms with Gasteiger partial charge in [-0.15, -0.1) is 0 Å². The first kappa shape index (κ1) is 17.0. The van der Waals surface area contributed by atoms with Gasteiger partial charge in [0, 0.05) is 16.7 Å². The molecule has 2 rings (SSSR count). The van der Waals surface area contributed by atoms with E-state index >= 15 is 0 Å². The molecule has 0 fully saturated rings. The van der Waals surface area contributed by atoms with Crippen molar-refractivity contribution in [1.82, 2.24) is 0 Å². The van der Waals surface area contributed by atoms with Crippen molar-refractivity contribution in [2.24, 2.45) is 5.41 Å². The minimum Gasteiger partial charge on any atom is -0.392 e. The molecular weight excluding hydrogens is 292 g/mol. The van der Waals surface area contributed by atoms with Crippen molar-refractivity contribution >= 4 is 18.0 Å². The molecule has 1 atom stereocenters. The van der Waals surface area contributed by atoms with E-state index in [2.05, 4.69) is 43.3 Å². The summed E-state index contributed by atoms with van der Waals surface area (Å²) in [5.74, 6) is 0. The maximum absolute atomic E-state index is 10.6. The minimum atomic E-state index is -0.0126. The van der Waals surface area contributed by atoms with Gasteiger partial charge in [-0.2, -0.15) is 0 Å². The van der Waals surface area contributed by atoms with E-state index in [0.717, 1.165) is 32.0 Å². The van der Waals surface area contributed by atoms with Gasteiger partial charge in [-0.05, 0) is 49.6 Å². The first-order valence-corrected chi connectivity index (χ1v) is 8.69. The number of unbranched alkanes of at least 4 members (excludes halogenated alkanes) is 1. The number of carbonyl (C=O) groups excluding carboxylic acids is 1. The molecule has 1 aliphatic carbocycles. The standard InChI is InChI=1S/C19H24O2S/c1-16-7-9-17(10-8-16)22-18-6-4-12-19(18,13-5-15-21)11-2-3-14-20/h5-10,13-14,21H,2-4,11-12,15H2,1H3/b13-5+/t19-/m1/s1. The van der Waals surface area contributed by atoms with Crippen LogP contribution in [0.2, 0.25) is 0 Å². The van der Waals surface area contributed by atoms with Gasteiger partial charge in [0.25, 0.3) is 0 Å². The Labute approximate surface area is 137 Å². The molecule has 3 heteroatoms. The van der Waals surface area contributed by atoms with Crippen LogP contribution in [0.4, 0.5) is 0 Å². The molecule has 0 bridgehead atoms. The van der Waals surface area contributed by atoms with E-state index in [0.29, 0.717) is 6.42 Å². The van der Waals surface area contributed by atoms with Crippen molar-refractivity contribution in [2.45, 2.75) is 43.9 Å². The van der Waals surface area contributed by atoms with Gasteiger partial charge >= 0.3 is 0 Å². The van der Waals surface area contributed by atoms with Crippen LogP contribution < -0.4 is 0 Å². The highest BCUT2D eigenvalue weighted by molar-refractivity contribution is 8.03. The molecule has 118 valence electrons. The quantitative estimate of drug-likeness (QED) is 0.430. The average Bonchev–Trinajstić information content (AvgIpc) is 2.91. The lowest BCUT2D eigenvalue weighted by Crippen LogP contribution is -2.16. The minimum absolute atomic E-state index is 0.0126. The topological polar surface area (TPSA) is 37.3 Å². The second-order valence-electron chi connectivity index (χ2n) is 5.82. The number of hydrogen-bond acceptors (Lipinski definition) is 3. The molecule has 0 heterocycles. The van der Waals surface area contributed by atoms with Crippen LogP contribution >= 0.6 is 11.8 Å². The van der Waals surface area contributed by atoms with Crippen molar-refractivity contribution < 1.29 is 9.90 Å². The molecule has 0 aromatic heterocycles. The molecule has 1 aromatic carbocycles. The number of allylic oxidation sites excluding steroid dienone is 3. The highest BCUT2D eigenvalue weighted by Crippen LogP contribution is 2.51. The van der Waals surface area contributed by atoms with E-state index in [1.807, 2.05) is 17.8 Å². The first-order chi connectivity index (χ1) is 10.7. The van der Waals surface area contributed by atoms with Crippen molar-refractivity contribution in [2.75, 3.05) is 6.61 Å². The van der Waals surface area contributed by atoms with Gasteiger partial charge in [-0.3, -0.25) is 0 Å². The number of aliphatic hydroxyl groups is 1. The van der Waals surface area contributed by atoms with Crippen molar-refractivity contribution in [3.63, 3.8) is 0 Å². The summed E-state index contributed by atoms with van der Waals surface area (Å²) in [7, 11) is 0. The monoisotopic (exact) mass is 316 g/mol. The van der Waals surface area contributed by atoms with Crippen molar-refractivity contribution in [3.05, 3.63) is 53.0 Å². The molecule has 0 unspecified atom stereocenters. The first-order valence-electron chi connectivity index (χ1n) is 7.87. The largest absolute Gasteiger partial charge is 0.392 e. The summed E-state index contributed by atoms with van der Waals surface area (Å²) in [5, 5.41) is 9.15. The molecule has 1 aliphatic rings. The van der Waals surface area contributed by atoms with Crippen LogP contribution in [0, 0.1) is 12.3 Å². The number of rotatable bonds is 8. The molecule has 0 aliphatic heterocycles. The fraction of sp³-hybridized carbons (Fsp3) is 0.421. The highest BCUT2D eigenvalue weighted by Gasteiger charge is 2.34. The van der Waals surface area contributed by atoms with Gasteiger partial charge in [-0.25, -0.2) is 0 Å². The fourth-order valence-corrected chi connectivity index (χ4v) is 4.14. The lowest BCUT2D eigenvalue weighted by Gasteiger charge is -2.29. The number of carbonyl (C=O) groups is 1. The molecule has 0 amide bonds. The number of aryl methyl sites for hydroxylation is 1. The Hall–Kier alpha value is -1.32. The zero-order chi connectivity index (χ0) is 15.8. The Bertz CT molecular complexity index is 545. The molecule has 0 radical (unpaired) electrons. The molecule has 2 nitrogen and oxygen atoms in total. The third-order valence-electron chi connectivity index (χ3n) is 4.15. The number of hydrogen-bond donors (Lipinski definition) is 1. The molecule has 1 aromatic rings. The third kappa shape index (κ3) is 4.34. The van der Waals surface area contributed by atoms with Crippen molar-refractivity contribution in [3.8, 4) is 0 Å². The van der Waals surface area contributed by atoms with E-state index in [1.54, 1.807) is 0 Å². The lowest BCUT2D eigenvalue weighted by molar-refractivity contribution is -0.108. The molecule has 22 heavy (non-hydrogen) atoms. The van der Waals surface area contributed by atoms with Crippen LogP contribution in [0.1, 0.15) is 37.7 Å². The molecule has 0 spiro atoms. The Morgan fingerprint density at radius 2 is 2.09 bits per heavy atom. The van der Waals surface area contributed by atoms with Gasteiger partial charge in [0.1, 0.15) is 6.29 Å². The van der Waals surface area contributed by atoms with E-state index in [4.69, 9.17) is 5.11 Å². The number of benzene rings is 1. The third-order valence-corrected chi connectivity index (χ3v) is 5.45. The predicted molar refractivity (Wildman–Crippen MR) is 92.9 cm³/mol. The Morgan fingerprint density at radius 1 is 1.32 bits per heavy atom. The second-order valence-corrected chi connectivity index (χ2v) is 6.94. The van der Waals surface area contributed by atoms with E-state index in [9.17, 15) is 4.79 Å². The van der Waals surface area contributed by atoms with Crippen LogP contribution in [-0.4, -0.2) is 18.0 Å². The van der Waals surface area contributed by atoms with E-state index in [1.165, 1.54) is 15.4 Å². The Balaban J connectivity index is 2.16. The van der Waals surface area contributed by atoms with E-state index in [-0.39, 0.29) is 12.0 Å². The van der Waals surface area contributed by atoms with Gasteiger partial charge in [0.2, 0.25) is 0 Å². The SMILES string of the molecule is Cc1ccc(SC2=CCC[C@@]2(/C=C/CO)CCCC=O)cc1. The van der Waals surface area contributed by atoms with Gasteiger partial charge in [0.15, 0.2) is 0 Å². The summed E-state index contributed by atoms with van der Waals surface area (Å²) < 4.78 is 0. The summed E-state index contributed by atoms with van der Waals surface area (Å²) in [4.78, 5) is 13.2. The summed E-state index contributed by atoms with van der Waals surface area (Å²) in [6.45, 7) is 2.16. The van der Waals surface area contributed by atoms with Crippen LogP contribution in [0.3, 0.4) is 0 Å². The number of thioether (sulfide) groups is 1. The van der Waals surface area contributed by atoms with Crippen molar-refractivity contribution in [1.29, 1.82) is 0 Å². The Morgan fingerprint density at radius 3 is 2.77 bits per heavy atom. The summed E-state index contributed by atoms with van der Waals surface area (Å²) >= 11 is 1.82. The van der Waals surface area contributed by atoms with Crippen LogP contribution in [0.25, 0.3) is 0 Å². The molecule has 0 saturated carbocycles. The van der Waals surface area contributed by atoms with Crippen LogP contribution in [-0.2, 0) is 4.79 Å². The zero-order valence-electron chi connectivity index (χ0n) is 13.1. The van der Waals surface area contributed by atoms with Gasteiger partial charge in [-0.1, -0.05) is 47.7 Å². The van der Waals surface area contributed by atoms with Gasteiger partial charge in [0.05, 0.1) is 6.61 Å². The number of aliphatic hydroxyl groups excluding tert-OH is 1. The highest BCUT2D eigenvalue weighted by atomic mass is 32.2. The fourth-order valence-electron chi connectivity index (χ4n) is 2.94. The predicted octanol–water partition coefficient (Wildman–Crippen LogP) is 4.67. The zero-order valence-corrected chi connectivity index (χ0v) is 13.9. The summed E-state index contributed by atoms with van der Waals surface area (Å²) in [6, 6.07) is 8.58. The number of aldehydes is 1. The smallest absolute Gasteiger partial charge is 0.119 e. The Kier molecular flexibility index (Phi) is 6.47. The normalized spacial score (nSPS) is 21.3. The van der Waals surface area contributed by atoms with Gasteiger partial charge < -0.3 is 9.90 Å². The van der Waals surface area contributed by atoms with Crippen LogP contribution in [0.15, 0.2) is 52.3 Å². The summed E-state index contributed by atoms with van der Waals surface area (Å²) in [5.41, 5.74) is 1.25. The maximum Gasteiger partial charge on any atom is 0.119 e. The van der Waals surface area contributed by atoms with Crippen LogP contribution in [0.5, 0.6) is 0 Å². The molecule has 0 saturated heterocycles. The van der Waals surface area contributed by atoms with E-state index < -0.39 is 0 Å². The summed E-state index contributed by atoms with van der Waals surface area (Å²) in [6.07, 6.45) is 11.9. The molecular formula is C19H24O2S. The maximum atomic E-state index is 10.6. The average molecular weight is 316 g/mol. The lowest BCUT2D eigenvalue weighted by atomic mass is 9.81. The molecule has 1 N–H and O–H groups in total. The second kappa shape index (κ2) is 8.35.